The van der Waals surface area contributed by atoms with E-state index in [1.54, 1.807) is 23.6 Å². The number of halogens is 2. The molecule has 2 aromatic rings. The molecule has 0 saturated heterocycles. The molecule has 0 aliphatic carbocycles. The van der Waals surface area contributed by atoms with E-state index in [4.69, 9.17) is 11.6 Å². The molecule has 2 atom stereocenters. The van der Waals surface area contributed by atoms with Crippen molar-refractivity contribution in [1.82, 2.24) is 10.2 Å². The molecule has 4 nitrogen and oxygen atoms in total. The number of hydrogen-bond acceptors (Lipinski definition) is 3. The first-order chi connectivity index (χ1) is 14.8. The van der Waals surface area contributed by atoms with Gasteiger partial charge in [0.25, 0.3) is 0 Å². The van der Waals surface area contributed by atoms with Gasteiger partial charge in [0.15, 0.2) is 0 Å². The standard InChI is InChI=1S/C24H30BrClN2O2S/c1-4-17(2)27-24(30)18(3)28(16-19-7-5-8-20(25)15-19)23(29)9-6-14-31-22-12-10-21(26)11-13-22/h5,7-8,10-13,15,17-18H,4,6,9,14,16H2,1-3H3,(H,27,30)/t17-,18+/m0/s1. The van der Waals surface area contributed by atoms with Gasteiger partial charge in [0.1, 0.15) is 6.04 Å². The molecule has 168 valence electrons. The van der Waals surface area contributed by atoms with Crippen molar-refractivity contribution in [3.8, 4) is 0 Å². The summed E-state index contributed by atoms with van der Waals surface area (Å²) in [6.45, 7) is 6.20. The van der Waals surface area contributed by atoms with E-state index in [1.165, 1.54) is 0 Å². The van der Waals surface area contributed by atoms with Gasteiger partial charge in [0.05, 0.1) is 0 Å². The zero-order chi connectivity index (χ0) is 22.8. The third-order valence-corrected chi connectivity index (χ3v) is 6.87. The fraction of sp³-hybridized carbons (Fsp3) is 0.417. The summed E-state index contributed by atoms with van der Waals surface area (Å²) in [4.78, 5) is 28.6. The van der Waals surface area contributed by atoms with Crippen molar-refractivity contribution in [2.75, 3.05) is 5.75 Å². The molecule has 0 radical (unpaired) electrons. The molecular formula is C24H30BrClN2O2S. The van der Waals surface area contributed by atoms with E-state index in [0.717, 1.165) is 33.5 Å². The molecule has 2 rings (SSSR count). The van der Waals surface area contributed by atoms with Gasteiger partial charge in [-0.1, -0.05) is 46.6 Å². The van der Waals surface area contributed by atoms with Gasteiger partial charge in [-0.25, -0.2) is 0 Å². The lowest BCUT2D eigenvalue weighted by Gasteiger charge is -2.30. The summed E-state index contributed by atoms with van der Waals surface area (Å²) in [6, 6.07) is 15.1. The fourth-order valence-electron chi connectivity index (χ4n) is 2.97. The van der Waals surface area contributed by atoms with Crippen molar-refractivity contribution >= 4 is 51.1 Å². The number of benzene rings is 2. The van der Waals surface area contributed by atoms with Crippen LogP contribution < -0.4 is 5.32 Å². The molecule has 31 heavy (non-hydrogen) atoms. The summed E-state index contributed by atoms with van der Waals surface area (Å²) in [6.07, 6.45) is 1.98. The molecule has 0 bridgehead atoms. The van der Waals surface area contributed by atoms with Crippen molar-refractivity contribution in [3.63, 3.8) is 0 Å². The van der Waals surface area contributed by atoms with Crippen LogP contribution in [-0.4, -0.2) is 34.6 Å². The van der Waals surface area contributed by atoms with Crippen LogP contribution in [0.3, 0.4) is 0 Å². The Hall–Kier alpha value is -1.50. The first-order valence-corrected chi connectivity index (χ1v) is 12.7. The minimum Gasteiger partial charge on any atom is -0.352 e. The molecular weight excluding hydrogens is 496 g/mol. The second kappa shape index (κ2) is 13.1. The Labute approximate surface area is 203 Å². The summed E-state index contributed by atoms with van der Waals surface area (Å²) in [7, 11) is 0. The Morgan fingerprint density at radius 2 is 1.87 bits per heavy atom. The van der Waals surface area contributed by atoms with Crippen molar-refractivity contribution in [2.24, 2.45) is 0 Å². The average molecular weight is 526 g/mol. The monoisotopic (exact) mass is 524 g/mol. The maximum Gasteiger partial charge on any atom is 0.242 e. The van der Waals surface area contributed by atoms with Gasteiger partial charge in [-0.15, -0.1) is 11.8 Å². The number of carbonyl (C=O) groups excluding carboxylic acids is 2. The predicted octanol–water partition coefficient (Wildman–Crippen LogP) is 6.31. The normalized spacial score (nSPS) is 12.8. The molecule has 7 heteroatoms. The Balaban J connectivity index is 2.00. The van der Waals surface area contributed by atoms with Gasteiger partial charge in [-0.05, 0) is 74.4 Å². The molecule has 0 unspecified atom stereocenters. The van der Waals surface area contributed by atoms with Crippen LogP contribution >= 0.6 is 39.3 Å². The molecule has 2 aromatic carbocycles. The largest absolute Gasteiger partial charge is 0.352 e. The highest BCUT2D eigenvalue weighted by Crippen LogP contribution is 2.22. The van der Waals surface area contributed by atoms with Crippen LogP contribution in [-0.2, 0) is 16.1 Å². The van der Waals surface area contributed by atoms with Crippen LogP contribution in [0.4, 0.5) is 0 Å². The van der Waals surface area contributed by atoms with Crippen LogP contribution in [0.15, 0.2) is 57.9 Å². The molecule has 1 N–H and O–H groups in total. The van der Waals surface area contributed by atoms with Crippen LogP contribution in [0.25, 0.3) is 0 Å². The highest BCUT2D eigenvalue weighted by molar-refractivity contribution is 9.10. The highest BCUT2D eigenvalue weighted by Gasteiger charge is 2.26. The van der Waals surface area contributed by atoms with Crippen LogP contribution in [0.5, 0.6) is 0 Å². The Bertz CT molecular complexity index is 863. The third-order valence-electron chi connectivity index (χ3n) is 5.03. The Morgan fingerprint density at radius 3 is 2.52 bits per heavy atom. The Morgan fingerprint density at radius 1 is 1.16 bits per heavy atom. The van der Waals surface area contributed by atoms with Gasteiger partial charge < -0.3 is 10.2 Å². The topological polar surface area (TPSA) is 49.4 Å². The lowest BCUT2D eigenvalue weighted by Crippen LogP contribution is -2.49. The smallest absolute Gasteiger partial charge is 0.242 e. The molecule has 2 amide bonds. The van der Waals surface area contributed by atoms with Crippen molar-refractivity contribution in [2.45, 2.75) is 63.6 Å². The van der Waals surface area contributed by atoms with Crippen LogP contribution in [0.2, 0.25) is 5.02 Å². The zero-order valence-electron chi connectivity index (χ0n) is 18.2. The van der Waals surface area contributed by atoms with E-state index >= 15 is 0 Å². The number of nitrogens with one attached hydrogen (secondary N) is 1. The van der Waals surface area contributed by atoms with Crippen molar-refractivity contribution in [1.29, 1.82) is 0 Å². The van der Waals surface area contributed by atoms with Gasteiger partial charge in [0, 0.05) is 33.4 Å². The van der Waals surface area contributed by atoms with E-state index in [2.05, 4.69) is 21.2 Å². The molecule has 0 heterocycles. The number of hydrogen-bond donors (Lipinski definition) is 1. The summed E-state index contributed by atoms with van der Waals surface area (Å²) >= 11 is 11.1. The predicted molar refractivity (Wildman–Crippen MR) is 133 cm³/mol. The molecule has 0 fully saturated rings. The summed E-state index contributed by atoms with van der Waals surface area (Å²) < 4.78 is 0.952. The molecule has 0 aliphatic heterocycles. The van der Waals surface area contributed by atoms with Crippen LogP contribution in [0, 0.1) is 0 Å². The average Bonchev–Trinajstić information content (AvgIpc) is 2.75. The minimum atomic E-state index is -0.538. The lowest BCUT2D eigenvalue weighted by molar-refractivity contribution is -0.140. The summed E-state index contributed by atoms with van der Waals surface area (Å²) in [5, 5.41) is 3.71. The third kappa shape index (κ3) is 8.87. The van der Waals surface area contributed by atoms with Gasteiger partial charge in [-0.3, -0.25) is 9.59 Å². The number of carbonyl (C=O) groups is 2. The lowest BCUT2D eigenvalue weighted by atomic mass is 10.1. The number of amides is 2. The number of nitrogens with zero attached hydrogens (tertiary/aromatic N) is 1. The fourth-order valence-corrected chi connectivity index (χ4v) is 4.39. The first-order valence-electron chi connectivity index (χ1n) is 10.5. The zero-order valence-corrected chi connectivity index (χ0v) is 21.4. The van der Waals surface area contributed by atoms with Gasteiger partial charge in [-0.2, -0.15) is 0 Å². The molecule has 0 aliphatic rings. The maximum atomic E-state index is 13.1. The van der Waals surface area contributed by atoms with Gasteiger partial charge >= 0.3 is 0 Å². The maximum absolute atomic E-state index is 13.1. The van der Waals surface area contributed by atoms with E-state index in [0.29, 0.717) is 18.0 Å². The quantitative estimate of drug-likeness (QED) is 0.276. The first kappa shape index (κ1) is 25.8. The summed E-state index contributed by atoms with van der Waals surface area (Å²) in [5.74, 6) is 0.697. The SMILES string of the molecule is CC[C@H](C)NC(=O)[C@@H](C)N(Cc1cccc(Br)c1)C(=O)CCCSc1ccc(Cl)cc1. The number of rotatable bonds is 11. The Kier molecular flexibility index (Phi) is 10.9. The van der Waals surface area contributed by atoms with E-state index in [9.17, 15) is 9.59 Å². The molecule has 0 saturated carbocycles. The second-order valence-electron chi connectivity index (χ2n) is 7.55. The van der Waals surface area contributed by atoms with E-state index in [-0.39, 0.29) is 17.9 Å². The second-order valence-corrected chi connectivity index (χ2v) is 10.1. The number of thioether (sulfide) groups is 1. The summed E-state index contributed by atoms with van der Waals surface area (Å²) in [5.41, 5.74) is 0.987. The highest BCUT2D eigenvalue weighted by atomic mass is 79.9. The molecule has 0 aromatic heterocycles. The van der Waals surface area contributed by atoms with E-state index < -0.39 is 6.04 Å². The van der Waals surface area contributed by atoms with Crippen molar-refractivity contribution in [3.05, 3.63) is 63.6 Å². The molecule has 0 spiro atoms. The van der Waals surface area contributed by atoms with Crippen molar-refractivity contribution < 1.29 is 9.59 Å². The minimum absolute atomic E-state index is 0.0107. The van der Waals surface area contributed by atoms with Gasteiger partial charge in [0.2, 0.25) is 11.8 Å². The van der Waals surface area contributed by atoms with Crippen LogP contribution in [0.1, 0.15) is 45.6 Å². The van der Waals surface area contributed by atoms with E-state index in [1.807, 2.05) is 62.4 Å².